The van der Waals surface area contributed by atoms with Crippen molar-refractivity contribution in [2.45, 2.75) is 44.6 Å². The molecule has 0 amide bonds. The molecule has 0 aliphatic rings. The summed E-state index contributed by atoms with van der Waals surface area (Å²) < 4.78 is 15.8. The molecule has 0 saturated heterocycles. The van der Waals surface area contributed by atoms with E-state index in [0.717, 1.165) is 50.1 Å². The topological polar surface area (TPSA) is 44.8 Å². The van der Waals surface area contributed by atoms with Gasteiger partial charge < -0.3 is 14.2 Å². The Labute approximate surface area is 176 Å². The van der Waals surface area contributed by atoms with Crippen LogP contribution >= 0.6 is 33.2 Å². The highest BCUT2D eigenvalue weighted by Gasteiger charge is 2.23. The molecule has 8 heteroatoms. The Morgan fingerprint density at radius 1 is 1.00 bits per heavy atom. The average Bonchev–Trinajstić information content (AvgIpc) is 2.64. The molecule has 0 radical (unpaired) electrons. The summed E-state index contributed by atoms with van der Waals surface area (Å²) in [5.41, 5.74) is 0.836. The lowest BCUT2D eigenvalue weighted by Gasteiger charge is -2.11. The molecule has 0 heterocycles. The van der Waals surface area contributed by atoms with Gasteiger partial charge in [-0.2, -0.15) is 0 Å². The van der Waals surface area contributed by atoms with E-state index in [0.29, 0.717) is 18.1 Å². The third-order valence-corrected chi connectivity index (χ3v) is 6.53. The monoisotopic (exact) mass is 452 g/mol. The van der Waals surface area contributed by atoms with Crippen LogP contribution < -0.4 is 9.47 Å². The number of carbonyl (C=O) groups is 1. The SMILES string of the molecule is COC(=O)C=Cc1ccc(OCCCCCCCC[Si](Cl)(Cl)Cl)c(OC)c1. The van der Waals surface area contributed by atoms with Gasteiger partial charge in [0, 0.05) is 6.08 Å². The fraction of sp³-hybridized carbons (Fsp3) is 0.526. The maximum Gasteiger partial charge on any atom is 0.341 e. The number of benzene rings is 1. The van der Waals surface area contributed by atoms with E-state index in [1.807, 2.05) is 18.2 Å². The number of hydrogen-bond acceptors (Lipinski definition) is 4. The number of methoxy groups -OCH3 is 2. The van der Waals surface area contributed by atoms with Gasteiger partial charge in [-0.05, 0) is 36.2 Å². The summed E-state index contributed by atoms with van der Waals surface area (Å²) in [7, 11) is 2.94. The lowest BCUT2D eigenvalue weighted by Crippen LogP contribution is -2.07. The Balaban J connectivity index is 2.28. The van der Waals surface area contributed by atoms with Crippen LogP contribution in [0.4, 0.5) is 0 Å². The van der Waals surface area contributed by atoms with Crippen molar-refractivity contribution in [3.8, 4) is 11.5 Å². The van der Waals surface area contributed by atoms with Crippen molar-refractivity contribution in [3.63, 3.8) is 0 Å². The van der Waals surface area contributed by atoms with Gasteiger partial charge in [-0.3, -0.25) is 0 Å². The summed E-state index contributed by atoms with van der Waals surface area (Å²) in [6.07, 6.45) is 9.52. The molecule has 0 fully saturated rings. The number of carbonyl (C=O) groups excluding carboxylic acids is 1. The van der Waals surface area contributed by atoms with Crippen molar-refractivity contribution in [2.24, 2.45) is 0 Å². The smallest absolute Gasteiger partial charge is 0.341 e. The lowest BCUT2D eigenvalue weighted by molar-refractivity contribution is -0.134. The van der Waals surface area contributed by atoms with E-state index in [1.54, 1.807) is 13.2 Å². The standard InChI is InChI=1S/C19H27Cl3O4Si/c1-24-18-15-16(10-12-19(23)25-2)9-11-17(18)26-13-7-5-3-4-6-8-14-27(20,21)22/h9-12,15H,3-8,13-14H2,1-2H3. The minimum absolute atomic E-state index is 0.399. The lowest BCUT2D eigenvalue weighted by atomic mass is 10.1. The van der Waals surface area contributed by atoms with Crippen LogP contribution in [0.2, 0.25) is 6.04 Å². The van der Waals surface area contributed by atoms with E-state index in [9.17, 15) is 4.79 Å². The average molecular weight is 454 g/mol. The Morgan fingerprint density at radius 3 is 2.30 bits per heavy atom. The predicted molar refractivity (Wildman–Crippen MR) is 115 cm³/mol. The predicted octanol–water partition coefficient (Wildman–Crippen LogP) is 6.26. The van der Waals surface area contributed by atoms with Gasteiger partial charge in [-0.1, -0.05) is 38.2 Å². The van der Waals surface area contributed by atoms with Crippen LogP contribution in [0.1, 0.15) is 44.1 Å². The van der Waals surface area contributed by atoms with Gasteiger partial charge in [0.25, 0.3) is 0 Å². The number of ether oxygens (including phenoxy) is 3. The minimum atomic E-state index is -2.44. The van der Waals surface area contributed by atoms with Gasteiger partial charge >= 0.3 is 12.0 Å². The van der Waals surface area contributed by atoms with Crippen molar-refractivity contribution < 1.29 is 19.0 Å². The third kappa shape index (κ3) is 11.5. The molecule has 27 heavy (non-hydrogen) atoms. The van der Waals surface area contributed by atoms with E-state index < -0.39 is 12.0 Å². The van der Waals surface area contributed by atoms with Gasteiger partial charge in [0.05, 0.1) is 20.8 Å². The maximum atomic E-state index is 11.2. The summed E-state index contributed by atoms with van der Waals surface area (Å²) >= 11 is 17.6. The molecule has 0 bridgehead atoms. The van der Waals surface area contributed by atoms with Gasteiger partial charge in [0.15, 0.2) is 11.5 Å². The second-order valence-corrected chi connectivity index (χ2v) is 15.4. The van der Waals surface area contributed by atoms with Gasteiger partial charge in [-0.15, -0.1) is 33.2 Å². The van der Waals surface area contributed by atoms with E-state index in [2.05, 4.69) is 4.74 Å². The van der Waals surface area contributed by atoms with Gasteiger partial charge in [-0.25, -0.2) is 4.79 Å². The highest BCUT2D eigenvalue weighted by atomic mass is 35.8. The number of unbranched alkanes of at least 4 members (excludes halogenated alkanes) is 5. The van der Waals surface area contributed by atoms with Gasteiger partial charge in [0.2, 0.25) is 0 Å². The first-order chi connectivity index (χ1) is 12.9. The zero-order valence-electron chi connectivity index (χ0n) is 15.8. The van der Waals surface area contributed by atoms with Crippen molar-refractivity contribution in [1.29, 1.82) is 0 Å². The normalized spacial score (nSPS) is 11.6. The molecule has 1 aromatic rings. The van der Waals surface area contributed by atoms with E-state index in [1.165, 1.54) is 13.2 Å². The van der Waals surface area contributed by atoms with E-state index in [4.69, 9.17) is 42.7 Å². The van der Waals surface area contributed by atoms with Crippen LogP contribution in [0.25, 0.3) is 6.08 Å². The Bertz CT molecular complexity index is 603. The molecule has 1 aromatic carbocycles. The maximum absolute atomic E-state index is 11.2. The number of halogens is 3. The fourth-order valence-electron chi connectivity index (χ4n) is 2.46. The number of hydrogen-bond donors (Lipinski definition) is 0. The van der Waals surface area contributed by atoms with E-state index in [-0.39, 0.29) is 0 Å². The van der Waals surface area contributed by atoms with E-state index >= 15 is 0 Å². The van der Waals surface area contributed by atoms with Crippen molar-refractivity contribution >= 4 is 51.3 Å². The third-order valence-electron chi connectivity index (χ3n) is 3.91. The van der Waals surface area contributed by atoms with Gasteiger partial charge in [0.1, 0.15) is 0 Å². The first-order valence-corrected chi connectivity index (χ1v) is 14.2. The number of rotatable bonds is 13. The molecule has 0 N–H and O–H groups in total. The first kappa shape index (κ1) is 24.2. The summed E-state index contributed by atoms with van der Waals surface area (Å²) in [6, 6.07) is 3.83. The van der Waals surface area contributed by atoms with Crippen LogP contribution in [0.15, 0.2) is 24.3 Å². The second kappa shape index (κ2) is 13.3. The van der Waals surface area contributed by atoms with Crippen molar-refractivity contribution in [1.82, 2.24) is 0 Å². The highest BCUT2D eigenvalue weighted by molar-refractivity contribution is 7.64. The number of esters is 1. The van der Waals surface area contributed by atoms with Crippen LogP contribution in [0, 0.1) is 0 Å². The molecule has 0 saturated carbocycles. The molecule has 4 nitrogen and oxygen atoms in total. The molecular formula is C19H27Cl3O4Si. The molecule has 0 spiro atoms. The zero-order valence-corrected chi connectivity index (χ0v) is 19.1. The van der Waals surface area contributed by atoms with Crippen LogP contribution in [0.5, 0.6) is 11.5 Å². The highest BCUT2D eigenvalue weighted by Crippen LogP contribution is 2.29. The van der Waals surface area contributed by atoms with Crippen LogP contribution in [-0.2, 0) is 9.53 Å². The minimum Gasteiger partial charge on any atom is -0.493 e. The quantitative estimate of drug-likeness (QED) is 0.116. The zero-order chi connectivity index (χ0) is 20.1. The molecule has 152 valence electrons. The molecule has 0 aromatic heterocycles. The Kier molecular flexibility index (Phi) is 11.9. The van der Waals surface area contributed by atoms with Crippen LogP contribution in [0.3, 0.4) is 0 Å². The summed E-state index contributed by atoms with van der Waals surface area (Å²) in [4.78, 5) is 11.2. The summed E-state index contributed by atoms with van der Waals surface area (Å²) in [5.74, 6) is 0.932. The van der Waals surface area contributed by atoms with Crippen LogP contribution in [-0.4, -0.2) is 32.8 Å². The fourth-order valence-corrected chi connectivity index (χ4v) is 4.31. The molecular weight excluding hydrogens is 427 g/mol. The molecule has 0 aliphatic heterocycles. The van der Waals surface area contributed by atoms with Crippen molar-refractivity contribution in [2.75, 3.05) is 20.8 Å². The molecule has 0 unspecified atom stereocenters. The largest absolute Gasteiger partial charge is 0.493 e. The van der Waals surface area contributed by atoms with Crippen molar-refractivity contribution in [3.05, 3.63) is 29.8 Å². The summed E-state index contributed by atoms with van der Waals surface area (Å²) in [6.45, 7) is 0.634. The molecule has 0 atom stereocenters. The first-order valence-electron chi connectivity index (χ1n) is 8.99. The summed E-state index contributed by atoms with van der Waals surface area (Å²) in [5, 5.41) is 0. The Morgan fingerprint density at radius 2 is 1.67 bits per heavy atom. The molecule has 1 rings (SSSR count). The second-order valence-electron chi connectivity index (χ2n) is 6.10. The Hall–Kier alpha value is -0.883. The molecule has 0 aliphatic carbocycles.